The molecule has 0 aromatic carbocycles. The molecule has 0 spiro atoms. The van der Waals surface area contributed by atoms with Crippen molar-refractivity contribution in [2.45, 2.75) is 41.5 Å². The molecule has 2 atom stereocenters. The van der Waals surface area contributed by atoms with Crippen molar-refractivity contribution in [1.82, 2.24) is 0 Å². The molecule has 0 aliphatic heterocycles. The highest BCUT2D eigenvalue weighted by molar-refractivity contribution is 7.87. The van der Waals surface area contributed by atoms with Gasteiger partial charge in [-0.25, -0.2) is 0 Å². The maximum Gasteiger partial charge on any atom is 0.464 e. The summed E-state index contributed by atoms with van der Waals surface area (Å²) >= 11 is 0. The summed E-state index contributed by atoms with van der Waals surface area (Å²) in [4.78, 5) is 9.88. The predicted octanol–water partition coefficient (Wildman–Crippen LogP) is 4.05. The summed E-state index contributed by atoms with van der Waals surface area (Å²) < 4.78 is 224. The molecule has 0 saturated heterocycles. The van der Waals surface area contributed by atoms with Crippen LogP contribution >= 0.6 is 0 Å². The fourth-order valence-electron chi connectivity index (χ4n) is 1.11. The van der Waals surface area contributed by atoms with E-state index in [1.54, 1.807) is 0 Å². The molecule has 0 rings (SSSR count). The number of halogens is 16. The van der Waals surface area contributed by atoms with Gasteiger partial charge < -0.3 is 0 Å². The minimum Gasteiger partial charge on any atom is -0.262 e. The molecule has 0 aliphatic carbocycles. The molecular formula is C8F16O5S. The predicted molar refractivity (Wildman–Crippen MR) is 52.9 cm³/mol. The highest BCUT2D eigenvalue weighted by Gasteiger charge is 2.84. The lowest BCUT2D eigenvalue weighted by atomic mass is 10.2. The Bertz CT molecular complexity index is 769. The number of hydrogen-bond donors (Lipinski definition) is 0. The zero-order chi connectivity index (χ0) is 25.0. The SMILES string of the molecule is O=C(F)C(F)(OC(F)(F)C(F)(OC(F)(F)C(F)(F)S(=O)(=O)F)C(F)(F)F)C(F)(F)F. The van der Waals surface area contributed by atoms with Gasteiger partial charge in [0.2, 0.25) is 0 Å². The summed E-state index contributed by atoms with van der Waals surface area (Å²) in [6, 6.07) is -4.76. The molecule has 0 amide bonds. The summed E-state index contributed by atoms with van der Waals surface area (Å²) in [5.74, 6) is -15.3. The maximum absolute atomic E-state index is 13.6. The smallest absolute Gasteiger partial charge is 0.262 e. The summed E-state index contributed by atoms with van der Waals surface area (Å²) in [5.41, 5.74) is 0. The third-order valence-corrected chi connectivity index (χ3v) is 3.39. The average molecular weight is 512 g/mol. The lowest BCUT2D eigenvalue weighted by Crippen LogP contribution is -2.67. The lowest BCUT2D eigenvalue weighted by molar-refractivity contribution is -0.533. The van der Waals surface area contributed by atoms with E-state index in [-0.39, 0.29) is 0 Å². The molecule has 0 aliphatic rings. The van der Waals surface area contributed by atoms with E-state index in [9.17, 15) is 83.0 Å². The molecule has 180 valence electrons. The minimum atomic E-state index is -8.09. The molecule has 2 unspecified atom stereocenters. The normalized spacial score (nSPS) is 19.2. The summed E-state index contributed by atoms with van der Waals surface area (Å²) in [7, 11) is -8.09. The third kappa shape index (κ3) is 4.53. The topological polar surface area (TPSA) is 69.7 Å². The number of carbonyl (C=O) groups excluding carboxylic acids is 1. The van der Waals surface area contributed by atoms with Crippen molar-refractivity contribution >= 4 is 16.3 Å². The summed E-state index contributed by atoms with van der Waals surface area (Å²) in [5, 5.41) is -7.61. The molecule has 30 heavy (non-hydrogen) atoms. The van der Waals surface area contributed by atoms with Crippen LogP contribution < -0.4 is 0 Å². The van der Waals surface area contributed by atoms with Crippen molar-refractivity contribution in [3.8, 4) is 0 Å². The van der Waals surface area contributed by atoms with Crippen LogP contribution in [0.25, 0.3) is 0 Å². The van der Waals surface area contributed by atoms with Gasteiger partial charge in [0.25, 0.3) is 0 Å². The van der Waals surface area contributed by atoms with E-state index in [0.717, 1.165) is 0 Å². The first-order valence-electron chi connectivity index (χ1n) is 5.80. The molecule has 22 heteroatoms. The Hall–Kier alpha value is -1.58. The lowest BCUT2D eigenvalue weighted by Gasteiger charge is -2.38. The van der Waals surface area contributed by atoms with Crippen molar-refractivity contribution in [3.63, 3.8) is 0 Å². The number of alkyl halides is 14. The molecule has 5 nitrogen and oxygen atoms in total. The van der Waals surface area contributed by atoms with Crippen LogP contribution in [0.2, 0.25) is 0 Å². The van der Waals surface area contributed by atoms with Gasteiger partial charge in [-0.05, 0) is 0 Å². The van der Waals surface area contributed by atoms with Gasteiger partial charge in [-0.15, -0.1) is 0 Å². The Morgan fingerprint density at radius 1 is 0.633 bits per heavy atom. The largest absolute Gasteiger partial charge is 0.464 e. The van der Waals surface area contributed by atoms with Gasteiger partial charge in [0.1, 0.15) is 0 Å². The minimum absolute atomic E-state index is 1.25. The maximum atomic E-state index is 13.6. The van der Waals surface area contributed by atoms with Crippen LogP contribution in [-0.4, -0.2) is 56.0 Å². The molecule has 0 N–H and O–H groups in total. The molecule has 0 aromatic rings. The van der Waals surface area contributed by atoms with Crippen LogP contribution in [0.3, 0.4) is 0 Å². The second kappa shape index (κ2) is 7.24. The molecule has 0 aromatic heterocycles. The van der Waals surface area contributed by atoms with Gasteiger partial charge in [0.15, 0.2) is 0 Å². The van der Waals surface area contributed by atoms with E-state index in [1.165, 1.54) is 9.47 Å². The highest BCUT2D eigenvalue weighted by atomic mass is 32.3. The van der Waals surface area contributed by atoms with Crippen molar-refractivity contribution in [2.75, 3.05) is 0 Å². The van der Waals surface area contributed by atoms with E-state index < -0.39 is 57.8 Å². The van der Waals surface area contributed by atoms with Gasteiger partial charge in [-0.2, -0.15) is 74.3 Å². The van der Waals surface area contributed by atoms with Gasteiger partial charge in [0.05, 0.1) is 0 Å². The van der Waals surface area contributed by atoms with Crippen LogP contribution in [-0.2, 0) is 24.5 Å². The highest BCUT2D eigenvalue weighted by Crippen LogP contribution is 2.55. The van der Waals surface area contributed by atoms with Crippen LogP contribution in [0, 0.1) is 0 Å². The quantitative estimate of drug-likeness (QED) is 0.363. The first-order chi connectivity index (χ1) is 12.6. The molecular weight excluding hydrogens is 512 g/mol. The van der Waals surface area contributed by atoms with E-state index in [2.05, 4.69) is 0 Å². The second-order valence-corrected chi connectivity index (χ2v) is 6.04. The summed E-state index contributed by atoms with van der Waals surface area (Å²) in [6.07, 6.45) is -31.1. The molecule has 0 bridgehead atoms. The fraction of sp³-hybridized carbons (Fsp3) is 0.875. The zero-order valence-corrected chi connectivity index (χ0v) is 13.3. The van der Waals surface area contributed by atoms with Gasteiger partial charge in [0, 0.05) is 0 Å². The Kier molecular flexibility index (Phi) is 6.86. The number of carbonyl (C=O) groups is 1. The molecule has 0 fully saturated rings. The van der Waals surface area contributed by atoms with Crippen molar-refractivity contribution in [1.29, 1.82) is 0 Å². The average Bonchev–Trinajstić information content (AvgIpc) is 2.41. The number of ether oxygens (including phenoxy) is 2. The van der Waals surface area contributed by atoms with Gasteiger partial charge >= 0.3 is 57.8 Å². The second-order valence-electron chi connectivity index (χ2n) is 4.65. The molecule has 0 radical (unpaired) electrons. The van der Waals surface area contributed by atoms with E-state index >= 15 is 0 Å². The standard InChI is InChI=1S/C8F16O5S/c9-1(25)2(10,4(12,13)14)28-6(18,19)3(11,5(15,16)17)29-7(20,21)8(22,23)30(24,26)27. The Morgan fingerprint density at radius 2 is 1.00 bits per heavy atom. The van der Waals surface area contributed by atoms with E-state index in [1.807, 2.05) is 0 Å². The third-order valence-electron chi connectivity index (χ3n) is 2.54. The Labute approximate surface area is 151 Å². The first-order valence-corrected chi connectivity index (χ1v) is 7.18. The molecule has 0 saturated carbocycles. The Balaban J connectivity index is 6.70. The Morgan fingerprint density at radius 3 is 1.23 bits per heavy atom. The summed E-state index contributed by atoms with van der Waals surface area (Å²) in [6.45, 7) is 0. The van der Waals surface area contributed by atoms with Crippen molar-refractivity contribution < 1.29 is 92.4 Å². The van der Waals surface area contributed by atoms with Gasteiger partial charge in [-0.1, -0.05) is 3.89 Å². The van der Waals surface area contributed by atoms with Crippen LogP contribution in [0.5, 0.6) is 0 Å². The first kappa shape index (κ1) is 28.4. The van der Waals surface area contributed by atoms with Crippen LogP contribution in [0.4, 0.5) is 69.7 Å². The van der Waals surface area contributed by atoms with Crippen LogP contribution in [0.15, 0.2) is 0 Å². The van der Waals surface area contributed by atoms with Crippen LogP contribution in [0.1, 0.15) is 0 Å². The van der Waals surface area contributed by atoms with Crippen molar-refractivity contribution in [3.05, 3.63) is 0 Å². The monoisotopic (exact) mass is 512 g/mol. The van der Waals surface area contributed by atoms with E-state index in [4.69, 9.17) is 0 Å². The number of hydrogen-bond acceptors (Lipinski definition) is 5. The van der Waals surface area contributed by atoms with Gasteiger partial charge in [-0.3, -0.25) is 14.3 Å². The molecule has 0 heterocycles. The van der Waals surface area contributed by atoms with E-state index in [0.29, 0.717) is 0 Å². The fourth-order valence-corrected chi connectivity index (χ4v) is 1.44. The van der Waals surface area contributed by atoms with Crippen molar-refractivity contribution in [2.24, 2.45) is 0 Å². The zero-order valence-electron chi connectivity index (χ0n) is 12.5. The number of rotatable bonds is 8.